The van der Waals surface area contributed by atoms with Crippen molar-refractivity contribution in [3.05, 3.63) is 24.3 Å². The molecule has 0 radical (unpaired) electrons. The molecule has 0 aromatic carbocycles. The highest BCUT2D eigenvalue weighted by Crippen LogP contribution is 2.43. The highest BCUT2D eigenvalue weighted by atomic mass is 31.2. The molecule has 2 unspecified atom stereocenters. The van der Waals surface area contributed by atoms with Gasteiger partial charge in [-0.05, 0) is 44.9 Å². The maximum atomic E-state index is 12.6. The average Bonchev–Trinajstić information content (AvgIpc) is 3.12. The summed E-state index contributed by atoms with van der Waals surface area (Å²) >= 11 is 0. The molecule has 0 aromatic rings. The van der Waals surface area contributed by atoms with E-state index in [1.165, 1.54) is 77.0 Å². The highest BCUT2D eigenvalue weighted by Gasteiger charge is 2.27. The van der Waals surface area contributed by atoms with Gasteiger partial charge in [0, 0.05) is 12.8 Å². The van der Waals surface area contributed by atoms with E-state index in [9.17, 15) is 24.2 Å². The minimum Gasteiger partial charge on any atom is -0.462 e. The summed E-state index contributed by atoms with van der Waals surface area (Å²) in [5.74, 6) is -0.937. The third-order valence-electron chi connectivity index (χ3n) is 8.61. The van der Waals surface area contributed by atoms with Crippen molar-refractivity contribution < 1.29 is 47.8 Å². The molecule has 300 valence electrons. The maximum Gasteiger partial charge on any atom is 0.472 e. The topological polar surface area (TPSA) is 149 Å². The van der Waals surface area contributed by atoms with Gasteiger partial charge in [0.25, 0.3) is 0 Å². The van der Waals surface area contributed by atoms with Gasteiger partial charge in [0.05, 0.1) is 19.8 Å². The van der Waals surface area contributed by atoms with Crippen LogP contribution >= 0.6 is 7.82 Å². The lowest BCUT2D eigenvalue weighted by molar-refractivity contribution is -0.161. The van der Waals surface area contributed by atoms with Crippen molar-refractivity contribution in [1.82, 2.24) is 0 Å². The summed E-state index contributed by atoms with van der Waals surface area (Å²) in [7, 11) is -4.61. The molecule has 0 rings (SSSR count). The third kappa shape index (κ3) is 36.6. The minimum atomic E-state index is -4.61. The molecule has 0 spiro atoms. The number of aliphatic hydroxyl groups is 2. The number of phosphoric acid groups is 1. The monoisotopic (exact) mass is 747 g/mol. The minimum absolute atomic E-state index is 0.171. The van der Waals surface area contributed by atoms with Crippen LogP contribution in [0.4, 0.5) is 0 Å². The van der Waals surface area contributed by atoms with Gasteiger partial charge >= 0.3 is 19.8 Å². The number of aliphatic hydroxyl groups excluding tert-OH is 2. The van der Waals surface area contributed by atoms with E-state index in [1.807, 2.05) is 0 Å². The van der Waals surface area contributed by atoms with E-state index in [2.05, 4.69) is 42.7 Å². The van der Waals surface area contributed by atoms with E-state index in [1.54, 1.807) is 0 Å². The van der Waals surface area contributed by atoms with Gasteiger partial charge in [-0.3, -0.25) is 18.6 Å². The second-order valence-corrected chi connectivity index (χ2v) is 15.1. The van der Waals surface area contributed by atoms with E-state index in [0.29, 0.717) is 12.8 Å². The number of carbonyl (C=O) groups excluding carboxylic acids is 2. The van der Waals surface area contributed by atoms with Gasteiger partial charge in [0.1, 0.15) is 12.7 Å². The predicted molar refractivity (Wildman–Crippen MR) is 205 cm³/mol. The molecule has 3 N–H and O–H groups in total. The van der Waals surface area contributed by atoms with E-state index in [-0.39, 0.29) is 19.4 Å². The van der Waals surface area contributed by atoms with Gasteiger partial charge in [0.15, 0.2) is 6.10 Å². The van der Waals surface area contributed by atoms with Gasteiger partial charge in [-0.15, -0.1) is 0 Å². The summed E-state index contributed by atoms with van der Waals surface area (Å²) in [6, 6.07) is 0. The van der Waals surface area contributed by atoms with Crippen molar-refractivity contribution in [3.8, 4) is 0 Å². The molecule has 0 aromatic heterocycles. The molecule has 0 aliphatic heterocycles. The van der Waals surface area contributed by atoms with Crippen LogP contribution in [0.25, 0.3) is 0 Å². The number of phosphoric ester groups is 1. The number of esters is 2. The van der Waals surface area contributed by atoms with Gasteiger partial charge in [-0.25, -0.2) is 4.57 Å². The SMILES string of the molecule is CCCCCC=CCC=CCCCCCCCC(=O)O[C@H](COC(=O)CCCCCCCCCCCCCCC)COP(=O)(O)OCC(O)CO. The van der Waals surface area contributed by atoms with Crippen molar-refractivity contribution in [2.75, 3.05) is 26.4 Å². The molecule has 0 bridgehead atoms. The van der Waals surface area contributed by atoms with Gasteiger partial charge in [0.2, 0.25) is 0 Å². The Balaban J connectivity index is 4.35. The molecule has 51 heavy (non-hydrogen) atoms. The normalized spacial score (nSPS) is 14.2. The molecule has 0 aliphatic carbocycles. The number of rotatable bonds is 38. The maximum absolute atomic E-state index is 12.6. The average molecular weight is 747 g/mol. The molecule has 10 nitrogen and oxygen atoms in total. The quantitative estimate of drug-likeness (QED) is 0.0241. The summed E-state index contributed by atoms with van der Waals surface area (Å²) in [6.45, 7) is 2.34. The van der Waals surface area contributed by atoms with E-state index in [0.717, 1.165) is 64.2 Å². The number of hydrogen-bond donors (Lipinski definition) is 3. The predicted octanol–water partition coefficient (Wildman–Crippen LogP) is 10.2. The Morgan fingerprint density at radius 1 is 0.588 bits per heavy atom. The summed E-state index contributed by atoms with van der Waals surface area (Å²) in [6.07, 6.45) is 34.2. The number of allylic oxidation sites excluding steroid dienone is 4. The fourth-order valence-electron chi connectivity index (χ4n) is 5.43. The van der Waals surface area contributed by atoms with E-state index >= 15 is 0 Å². The lowest BCUT2D eigenvalue weighted by atomic mass is 10.0. The molecule has 0 fully saturated rings. The van der Waals surface area contributed by atoms with E-state index < -0.39 is 51.8 Å². The van der Waals surface area contributed by atoms with Gasteiger partial charge in [-0.2, -0.15) is 0 Å². The zero-order chi connectivity index (χ0) is 37.7. The molecular weight excluding hydrogens is 671 g/mol. The first-order valence-electron chi connectivity index (χ1n) is 20.3. The molecule has 0 heterocycles. The third-order valence-corrected chi connectivity index (χ3v) is 9.56. The Morgan fingerprint density at radius 2 is 1.02 bits per heavy atom. The Labute approximate surface area is 310 Å². The van der Waals surface area contributed by atoms with Crippen LogP contribution in [0.1, 0.15) is 181 Å². The first-order chi connectivity index (χ1) is 24.7. The van der Waals surface area contributed by atoms with Crippen LogP contribution in [0.3, 0.4) is 0 Å². The number of ether oxygens (including phenoxy) is 2. The van der Waals surface area contributed by atoms with Crippen molar-refractivity contribution in [1.29, 1.82) is 0 Å². The van der Waals surface area contributed by atoms with Crippen LogP contribution in [-0.4, -0.2) is 65.7 Å². The molecule has 0 saturated heterocycles. The summed E-state index contributed by atoms with van der Waals surface area (Å²) < 4.78 is 32.6. The second kappa shape index (κ2) is 36.8. The molecular formula is C40H75O10P. The molecule has 3 atom stereocenters. The van der Waals surface area contributed by atoms with Gasteiger partial charge in [-0.1, -0.05) is 147 Å². The lowest BCUT2D eigenvalue weighted by Crippen LogP contribution is -2.29. The Kier molecular flexibility index (Phi) is 35.7. The Morgan fingerprint density at radius 3 is 1.55 bits per heavy atom. The van der Waals surface area contributed by atoms with Crippen LogP contribution in [0.5, 0.6) is 0 Å². The van der Waals surface area contributed by atoms with Crippen molar-refractivity contribution >= 4 is 19.8 Å². The Bertz CT molecular complexity index is 910. The first-order valence-corrected chi connectivity index (χ1v) is 21.8. The van der Waals surface area contributed by atoms with Crippen molar-refractivity contribution in [2.24, 2.45) is 0 Å². The van der Waals surface area contributed by atoms with Gasteiger partial charge < -0.3 is 24.6 Å². The number of carbonyl (C=O) groups is 2. The highest BCUT2D eigenvalue weighted by molar-refractivity contribution is 7.47. The fourth-order valence-corrected chi connectivity index (χ4v) is 6.22. The second-order valence-electron chi connectivity index (χ2n) is 13.7. The number of hydrogen-bond acceptors (Lipinski definition) is 9. The fraction of sp³-hybridized carbons (Fsp3) is 0.850. The largest absolute Gasteiger partial charge is 0.472 e. The molecule has 11 heteroatoms. The van der Waals surface area contributed by atoms with Crippen molar-refractivity contribution in [2.45, 2.75) is 193 Å². The first kappa shape index (κ1) is 49.5. The number of unbranched alkanes of at least 4 members (excludes halogenated alkanes) is 20. The van der Waals surface area contributed by atoms with Crippen LogP contribution in [0.2, 0.25) is 0 Å². The van der Waals surface area contributed by atoms with E-state index in [4.69, 9.17) is 19.1 Å². The summed E-state index contributed by atoms with van der Waals surface area (Å²) in [5, 5.41) is 18.3. The van der Waals surface area contributed by atoms with Crippen molar-refractivity contribution in [3.63, 3.8) is 0 Å². The molecule has 0 saturated carbocycles. The molecule has 0 aliphatic rings. The Hall–Kier alpha value is -1.55. The smallest absolute Gasteiger partial charge is 0.462 e. The van der Waals surface area contributed by atoms with Crippen LogP contribution in [0, 0.1) is 0 Å². The molecule has 0 amide bonds. The lowest BCUT2D eigenvalue weighted by Gasteiger charge is -2.20. The zero-order valence-corrected chi connectivity index (χ0v) is 33.2. The van der Waals surface area contributed by atoms with Crippen LogP contribution < -0.4 is 0 Å². The zero-order valence-electron chi connectivity index (χ0n) is 32.3. The summed E-state index contributed by atoms with van der Waals surface area (Å²) in [5.41, 5.74) is 0. The van der Waals surface area contributed by atoms with Crippen LogP contribution in [-0.2, 0) is 32.7 Å². The standard InChI is InChI=1S/C40H75O10P/c1-3-5-7-9-11-13-15-17-18-20-22-24-26-28-30-32-40(44)50-38(36-49-51(45,46)48-34-37(42)33-41)35-47-39(43)31-29-27-25-23-21-19-16-14-12-10-8-6-4-2/h11,13,17-18,37-38,41-42H,3-10,12,14-16,19-36H2,1-2H3,(H,45,46)/t37?,38-/m1/s1. The van der Waals surface area contributed by atoms with Crippen LogP contribution in [0.15, 0.2) is 24.3 Å². The summed E-state index contributed by atoms with van der Waals surface area (Å²) in [4.78, 5) is 34.9.